The van der Waals surface area contributed by atoms with E-state index in [0.717, 1.165) is 5.71 Å². The summed E-state index contributed by atoms with van der Waals surface area (Å²) in [5.41, 5.74) is 2.17. The van der Waals surface area contributed by atoms with Crippen molar-refractivity contribution in [3.8, 4) is 0 Å². The summed E-state index contributed by atoms with van der Waals surface area (Å²) in [7, 11) is 0. The lowest BCUT2D eigenvalue weighted by atomic mass is 10.0. The van der Waals surface area contributed by atoms with Crippen molar-refractivity contribution in [1.29, 1.82) is 0 Å². The quantitative estimate of drug-likeness (QED) is 0.607. The van der Waals surface area contributed by atoms with Gasteiger partial charge in [0.15, 0.2) is 0 Å². The van der Waals surface area contributed by atoms with Crippen LogP contribution in [-0.2, 0) is 0 Å². The van der Waals surface area contributed by atoms with Crippen LogP contribution in [0.5, 0.6) is 0 Å². The Kier molecular flexibility index (Phi) is 3.44. The van der Waals surface area contributed by atoms with Crippen LogP contribution >= 0.6 is 0 Å². The normalized spacial score (nSPS) is 21.8. The summed E-state index contributed by atoms with van der Waals surface area (Å²) in [6.07, 6.45) is 11.9. The van der Waals surface area contributed by atoms with Crippen molar-refractivity contribution in [2.24, 2.45) is 10.9 Å². The summed E-state index contributed by atoms with van der Waals surface area (Å²) in [6.45, 7) is 7.91. The van der Waals surface area contributed by atoms with E-state index in [2.05, 4.69) is 37.6 Å². The fourth-order valence-corrected chi connectivity index (χ4v) is 1.20. The zero-order valence-corrected chi connectivity index (χ0v) is 8.20. The zero-order chi connectivity index (χ0) is 9.68. The van der Waals surface area contributed by atoms with E-state index in [0.29, 0.717) is 5.92 Å². The molecule has 0 atom stereocenters. The monoisotopic (exact) mass is 173 g/mol. The van der Waals surface area contributed by atoms with Gasteiger partial charge in [-0.05, 0) is 17.6 Å². The largest absolute Gasteiger partial charge is 0.257 e. The summed E-state index contributed by atoms with van der Waals surface area (Å²) in [4.78, 5) is 4.19. The van der Waals surface area contributed by atoms with Crippen LogP contribution < -0.4 is 0 Å². The van der Waals surface area contributed by atoms with Crippen LogP contribution in [0, 0.1) is 5.92 Å². The molecule has 0 aliphatic heterocycles. The SMILES string of the molecule is C=CN=C1C=CC=C/C1=C/C(C)C. The van der Waals surface area contributed by atoms with Crippen LogP contribution in [0.25, 0.3) is 0 Å². The van der Waals surface area contributed by atoms with Crippen molar-refractivity contribution in [2.45, 2.75) is 13.8 Å². The highest BCUT2D eigenvalue weighted by Crippen LogP contribution is 2.11. The van der Waals surface area contributed by atoms with Gasteiger partial charge in [-0.25, -0.2) is 0 Å². The molecule has 0 bridgehead atoms. The molecule has 0 N–H and O–H groups in total. The van der Waals surface area contributed by atoms with Crippen molar-refractivity contribution < 1.29 is 0 Å². The van der Waals surface area contributed by atoms with Gasteiger partial charge in [0.1, 0.15) is 0 Å². The first kappa shape index (κ1) is 9.72. The highest BCUT2D eigenvalue weighted by Gasteiger charge is 2.03. The van der Waals surface area contributed by atoms with E-state index in [1.807, 2.05) is 18.2 Å². The maximum atomic E-state index is 4.19. The van der Waals surface area contributed by atoms with Crippen molar-refractivity contribution in [2.75, 3.05) is 0 Å². The van der Waals surface area contributed by atoms with E-state index < -0.39 is 0 Å². The molecule has 0 radical (unpaired) electrons. The lowest BCUT2D eigenvalue weighted by molar-refractivity contribution is 0.829. The maximum Gasteiger partial charge on any atom is 0.0698 e. The molecule has 1 nitrogen and oxygen atoms in total. The number of rotatable bonds is 2. The number of aliphatic imine (C=N–C) groups is 1. The van der Waals surface area contributed by atoms with E-state index in [1.54, 1.807) is 6.20 Å². The Morgan fingerprint density at radius 2 is 2.00 bits per heavy atom. The maximum absolute atomic E-state index is 4.19. The highest BCUT2D eigenvalue weighted by atomic mass is 14.7. The highest BCUT2D eigenvalue weighted by molar-refractivity contribution is 6.11. The second-order valence-corrected chi connectivity index (χ2v) is 3.28. The Morgan fingerprint density at radius 3 is 2.62 bits per heavy atom. The fourth-order valence-electron chi connectivity index (χ4n) is 1.20. The van der Waals surface area contributed by atoms with E-state index in [4.69, 9.17) is 0 Å². The van der Waals surface area contributed by atoms with Gasteiger partial charge >= 0.3 is 0 Å². The molecule has 68 valence electrons. The second-order valence-electron chi connectivity index (χ2n) is 3.28. The van der Waals surface area contributed by atoms with E-state index in [9.17, 15) is 0 Å². The second kappa shape index (κ2) is 4.61. The number of allylic oxidation sites excluding steroid dienone is 6. The molecule has 0 aromatic heterocycles. The fraction of sp³-hybridized carbons (Fsp3) is 0.250. The standard InChI is InChI=1S/C12H15N/c1-4-13-12-8-6-5-7-11(12)9-10(2)3/h4-10H,1H2,2-3H3/b11-9-,13-12?. The average molecular weight is 173 g/mol. The summed E-state index contributed by atoms with van der Waals surface area (Å²) in [6, 6.07) is 0. The predicted molar refractivity (Wildman–Crippen MR) is 58.8 cm³/mol. The van der Waals surface area contributed by atoms with Gasteiger partial charge in [-0.3, -0.25) is 4.99 Å². The van der Waals surface area contributed by atoms with Gasteiger partial charge < -0.3 is 0 Å². The molecule has 1 rings (SSSR count). The smallest absolute Gasteiger partial charge is 0.0698 e. The molecule has 1 aliphatic rings. The summed E-state index contributed by atoms with van der Waals surface area (Å²) in [5.74, 6) is 0.543. The van der Waals surface area contributed by atoms with Gasteiger partial charge in [0, 0.05) is 6.20 Å². The summed E-state index contributed by atoms with van der Waals surface area (Å²) >= 11 is 0. The van der Waals surface area contributed by atoms with Crippen molar-refractivity contribution in [1.82, 2.24) is 0 Å². The minimum atomic E-state index is 0.543. The molecule has 0 saturated heterocycles. The molecular formula is C12H15N. The minimum Gasteiger partial charge on any atom is -0.257 e. The Labute approximate surface area is 79.9 Å². The molecule has 0 unspecified atom stereocenters. The number of hydrogen-bond acceptors (Lipinski definition) is 1. The van der Waals surface area contributed by atoms with Crippen LogP contribution in [-0.4, -0.2) is 5.71 Å². The molecule has 0 spiro atoms. The molecule has 0 fully saturated rings. The first-order valence-electron chi connectivity index (χ1n) is 4.49. The third-order valence-corrected chi connectivity index (χ3v) is 1.68. The van der Waals surface area contributed by atoms with Crippen molar-refractivity contribution in [3.63, 3.8) is 0 Å². The molecular weight excluding hydrogens is 158 g/mol. The van der Waals surface area contributed by atoms with Crippen molar-refractivity contribution >= 4 is 5.71 Å². The summed E-state index contributed by atoms with van der Waals surface area (Å²) in [5, 5.41) is 0. The molecule has 0 saturated carbocycles. The van der Waals surface area contributed by atoms with Gasteiger partial charge in [0.2, 0.25) is 0 Å². The molecule has 0 aromatic rings. The van der Waals surface area contributed by atoms with Crippen LogP contribution in [0.2, 0.25) is 0 Å². The van der Waals surface area contributed by atoms with Gasteiger partial charge in [0.05, 0.1) is 5.71 Å². The topological polar surface area (TPSA) is 12.4 Å². The van der Waals surface area contributed by atoms with Crippen molar-refractivity contribution in [3.05, 3.63) is 48.7 Å². The lowest BCUT2D eigenvalue weighted by Crippen LogP contribution is -2.00. The molecule has 1 aliphatic carbocycles. The minimum absolute atomic E-state index is 0.543. The number of nitrogens with zero attached hydrogens (tertiary/aromatic N) is 1. The van der Waals surface area contributed by atoms with E-state index in [-0.39, 0.29) is 0 Å². The van der Waals surface area contributed by atoms with Crippen LogP contribution in [0.4, 0.5) is 0 Å². The van der Waals surface area contributed by atoms with Crippen LogP contribution in [0.3, 0.4) is 0 Å². The Hall–Kier alpha value is -1.37. The van der Waals surface area contributed by atoms with E-state index in [1.165, 1.54) is 5.57 Å². The van der Waals surface area contributed by atoms with Gasteiger partial charge in [-0.2, -0.15) is 0 Å². The van der Waals surface area contributed by atoms with Crippen LogP contribution in [0.15, 0.2) is 53.7 Å². The molecule has 0 amide bonds. The van der Waals surface area contributed by atoms with Gasteiger partial charge in [-0.1, -0.05) is 44.7 Å². The number of hydrogen-bond donors (Lipinski definition) is 0. The molecule has 0 heterocycles. The Bertz CT molecular complexity index is 301. The van der Waals surface area contributed by atoms with Gasteiger partial charge in [-0.15, -0.1) is 0 Å². The Balaban J connectivity index is 2.95. The molecule has 0 aromatic carbocycles. The predicted octanol–water partition coefficient (Wildman–Crippen LogP) is 3.28. The third kappa shape index (κ3) is 2.86. The first-order chi connectivity index (χ1) is 6.24. The summed E-state index contributed by atoms with van der Waals surface area (Å²) < 4.78 is 0. The Morgan fingerprint density at radius 1 is 1.31 bits per heavy atom. The first-order valence-corrected chi connectivity index (χ1v) is 4.49. The lowest BCUT2D eigenvalue weighted by Gasteiger charge is -2.06. The average Bonchev–Trinajstić information content (AvgIpc) is 2.08. The third-order valence-electron chi connectivity index (χ3n) is 1.68. The molecule has 13 heavy (non-hydrogen) atoms. The zero-order valence-electron chi connectivity index (χ0n) is 8.20. The molecule has 1 heteroatoms. The van der Waals surface area contributed by atoms with Crippen LogP contribution in [0.1, 0.15) is 13.8 Å². The van der Waals surface area contributed by atoms with Gasteiger partial charge in [0.25, 0.3) is 0 Å². The van der Waals surface area contributed by atoms with E-state index >= 15 is 0 Å².